The van der Waals surface area contributed by atoms with Gasteiger partial charge in [-0.25, -0.2) is 4.68 Å². The van der Waals surface area contributed by atoms with Gasteiger partial charge < -0.3 is 4.74 Å². The van der Waals surface area contributed by atoms with E-state index >= 15 is 0 Å². The SMILES string of the molecule is COc1cccc(P(c2ccccc2)c2ccccc2)c1-n1ncc2c1[C@]1(C)CC[C@H]2C1(C)C. The Morgan fingerprint density at radius 3 is 2.15 bits per heavy atom. The molecule has 6 rings (SSSR count). The van der Waals surface area contributed by atoms with E-state index in [0.29, 0.717) is 5.92 Å². The molecule has 0 spiro atoms. The molecule has 0 radical (unpaired) electrons. The van der Waals surface area contributed by atoms with E-state index in [1.54, 1.807) is 7.11 Å². The maximum atomic E-state index is 6.01. The van der Waals surface area contributed by atoms with Crippen LogP contribution in [-0.4, -0.2) is 16.9 Å². The number of fused-ring (bicyclic) bond motifs is 5. The number of hydrogen-bond donors (Lipinski definition) is 0. The van der Waals surface area contributed by atoms with Crippen molar-refractivity contribution in [1.82, 2.24) is 9.78 Å². The molecule has 0 saturated heterocycles. The predicted molar refractivity (Wildman–Crippen MR) is 142 cm³/mol. The van der Waals surface area contributed by atoms with Crippen LogP contribution in [-0.2, 0) is 5.41 Å². The van der Waals surface area contributed by atoms with Gasteiger partial charge in [-0.3, -0.25) is 0 Å². The molecule has 4 heteroatoms. The molecule has 1 aromatic heterocycles. The Morgan fingerprint density at radius 1 is 0.882 bits per heavy atom. The van der Waals surface area contributed by atoms with Gasteiger partial charge in [0.25, 0.3) is 0 Å². The first-order valence-electron chi connectivity index (χ1n) is 12.1. The number of aromatic nitrogens is 2. The second kappa shape index (κ2) is 7.82. The van der Waals surface area contributed by atoms with Crippen molar-refractivity contribution < 1.29 is 4.74 Å². The van der Waals surface area contributed by atoms with Gasteiger partial charge in [0.15, 0.2) is 0 Å². The Morgan fingerprint density at radius 2 is 1.53 bits per heavy atom. The number of para-hydroxylation sites is 1. The first-order chi connectivity index (χ1) is 16.5. The summed E-state index contributed by atoms with van der Waals surface area (Å²) in [6.07, 6.45) is 4.59. The molecule has 34 heavy (non-hydrogen) atoms. The highest BCUT2D eigenvalue weighted by Gasteiger charge is 2.61. The molecule has 1 fully saturated rings. The van der Waals surface area contributed by atoms with E-state index in [1.807, 2.05) is 0 Å². The van der Waals surface area contributed by atoms with Gasteiger partial charge in [0.05, 0.1) is 19.0 Å². The lowest BCUT2D eigenvalue weighted by Gasteiger charge is -2.36. The number of nitrogens with zero attached hydrogens (tertiary/aromatic N) is 2. The van der Waals surface area contributed by atoms with Crippen LogP contribution in [0.5, 0.6) is 5.75 Å². The van der Waals surface area contributed by atoms with E-state index in [1.165, 1.54) is 40.0 Å². The van der Waals surface area contributed by atoms with Crippen LogP contribution >= 0.6 is 7.92 Å². The van der Waals surface area contributed by atoms with Gasteiger partial charge in [-0.15, -0.1) is 0 Å². The second-order valence-electron chi connectivity index (χ2n) is 10.3. The third-order valence-electron chi connectivity index (χ3n) is 8.60. The van der Waals surface area contributed by atoms with E-state index < -0.39 is 7.92 Å². The summed E-state index contributed by atoms with van der Waals surface area (Å²) in [7, 11) is 0.987. The summed E-state index contributed by atoms with van der Waals surface area (Å²) in [6, 6.07) is 28.2. The minimum absolute atomic E-state index is 0.101. The number of rotatable bonds is 5. The molecule has 2 bridgehead atoms. The number of methoxy groups -OCH3 is 1. The Hall–Kier alpha value is -2.90. The molecule has 2 atom stereocenters. The van der Waals surface area contributed by atoms with Crippen molar-refractivity contribution >= 4 is 23.8 Å². The molecule has 3 aromatic carbocycles. The third kappa shape index (κ3) is 2.89. The van der Waals surface area contributed by atoms with Crippen molar-refractivity contribution in [2.45, 2.75) is 44.9 Å². The van der Waals surface area contributed by atoms with Crippen molar-refractivity contribution in [3.05, 3.63) is 96.3 Å². The molecule has 0 amide bonds. The summed E-state index contributed by atoms with van der Waals surface area (Å²) < 4.78 is 8.25. The van der Waals surface area contributed by atoms with Crippen LogP contribution in [0.4, 0.5) is 0 Å². The van der Waals surface area contributed by atoms with E-state index in [0.717, 1.165) is 11.4 Å². The van der Waals surface area contributed by atoms with Gasteiger partial charge in [-0.2, -0.15) is 5.10 Å². The van der Waals surface area contributed by atoms with Crippen LogP contribution in [0.2, 0.25) is 0 Å². The Labute approximate surface area is 203 Å². The zero-order chi connectivity index (χ0) is 23.5. The molecule has 2 aliphatic carbocycles. The molecule has 1 saturated carbocycles. The van der Waals surface area contributed by atoms with Crippen LogP contribution in [0.1, 0.15) is 50.8 Å². The zero-order valence-corrected chi connectivity index (χ0v) is 21.2. The average Bonchev–Trinajstić information content (AvgIpc) is 3.45. The highest BCUT2D eigenvalue weighted by molar-refractivity contribution is 7.80. The Kier molecular flexibility index (Phi) is 4.97. The van der Waals surface area contributed by atoms with Gasteiger partial charge in [-0.1, -0.05) is 93.6 Å². The monoisotopic (exact) mass is 466 g/mol. The van der Waals surface area contributed by atoms with Crippen LogP contribution in [0.15, 0.2) is 85.1 Å². The largest absolute Gasteiger partial charge is 0.494 e. The molecule has 172 valence electrons. The average molecular weight is 467 g/mol. The molecule has 0 N–H and O–H groups in total. The zero-order valence-electron chi connectivity index (χ0n) is 20.3. The van der Waals surface area contributed by atoms with Crippen molar-refractivity contribution in [1.29, 1.82) is 0 Å². The fourth-order valence-electron chi connectivity index (χ4n) is 6.46. The fourth-order valence-corrected chi connectivity index (χ4v) is 8.90. The van der Waals surface area contributed by atoms with Gasteiger partial charge in [-0.05, 0) is 54.3 Å². The lowest BCUT2D eigenvalue weighted by molar-refractivity contribution is 0.222. The topological polar surface area (TPSA) is 27.1 Å². The van der Waals surface area contributed by atoms with Crippen LogP contribution in [0.3, 0.4) is 0 Å². The molecular formula is C30H31N2OP. The molecule has 4 aromatic rings. The van der Waals surface area contributed by atoms with Crippen molar-refractivity contribution in [3.8, 4) is 11.4 Å². The lowest BCUT2D eigenvalue weighted by Crippen LogP contribution is -2.34. The lowest BCUT2D eigenvalue weighted by atomic mass is 9.70. The Balaban J connectivity index is 1.63. The quantitative estimate of drug-likeness (QED) is 0.347. The predicted octanol–water partition coefficient (Wildman–Crippen LogP) is 5.81. The summed E-state index contributed by atoms with van der Waals surface area (Å²) in [6.45, 7) is 7.33. The van der Waals surface area contributed by atoms with E-state index in [4.69, 9.17) is 9.84 Å². The van der Waals surface area contributed by atoms with Crippen molar-refractivity contribution in [2.75, 3.05) is 7.11 Å². The summed E-state index contributed by atoms with van der Waals surface area (Å²) in [5.41, 5.74) is 4.24. The van der Waals surface area contributed by atoms with Gasteiger partial charge in [0.1, 0.15) is 11.4 Å². The molecular weight excluding hydrogens is 435 g/mol. The molecule has 3 nitrogen and oxygen atoms in total. The van der Waals surface area contributed by atoms with Crippen molar-refractivity contribution in [2.24, 2.45) is 5.41 Å². The normalized spacial score (nSPS) is 22.2. The summed E-state index contributed by atoms with van der Waals surface area (Å²) in [5.74, 6) is 1.45. The molecule has 0 unspecified atom stereocenters. The van der Waals surface area contributed by atoms with Crippen LogP contribution < -0.4 is 20.7 Å². The highest BCUT2D eigenvalue weighted by Crippen LogP contribution is 2.68. The van der Waals surface area contributed by atoms with Gasteiger partial charge >= 0.3 is 0 Å². The van der Waals surface area contributed by atoms with Crippen LogP contribution in [0, 0.1) is 5.41 Å². The molecule has 1 heterocycles. The first kappa shape index (κ1) is 21.6. The minimum Gasteiger partial charge on any atom is -0.494 e. The minimum atomic E-state index is -0.789. The van der Waals surface area contributed by atoms with Crippen molar-refractivity contribution in [3.63, 3.8) is 0 Å². The third-order valence-corrected chi connectivity index (χ3v) is 11.1. The maximum absolute atomic E-state index is 6.01. The van der Waals surface area contributed by atoms with E-state index in [9.17, 15) is 0 Å². The Bertz CT molecular complexity index is 1310. The maximum Gasteiger partial charge on any atom is 0.145 e. The first-order valence-corrected chi connectivity index (χ1v) is 13.5. The van der Waals surface area contributed by atoms with E-state index in [2.05, 4.69) is 111 Å². The second-order valence-corrected chi connectivity index (χ2v) is 12.5. The molecule has 0 aliphatic heterocycles. The smallest absolute Gasteiger partial charge is 0.145 e. The molecule has 2 aliphatic rings. The number of ether oxygens (including phenoxy) is 1. The summed E-state index contributed by atoms with van der Waals surface area (Å²) in [4.78, 5) is 0. The van der Waals surface area contributed by atoms with E-state index in [-0.39, 0.29) is 10.8 Å². The summed E-state index contributed by atoms with van der Waals surface area (Å²) in [5, 5.41) is 8.98. The highest BCUT2D eigenvalue weighted by atomic mass is 31.1. The van der Waals surface area contributed by atoms with Crippen LogP contribution in [0.25, 0.3) is 5.69 Å². The van der Waals surface area contributed by atoms with Gasteiger partial charge in [0.2, 0.25) is 0 Å². The fraction of sp³-hybridized carbons (Fsp3) is 0.300. The standard InChI is InChI=1S/C30H31N2OP/c1-29(2)24-18-19-30(29,3)28-23(24)20-31-32(28)27-25(33-4)16-11-17-26(27)34(21-12-7-5-8-13-21)22-14-9-6-10-15-22/h5-17,20,24H,18-19H2,1-4H3/t24-,30+/m1/s1. The number of hydrogen-bond acceptors (Lipinski definition) is 2. The summed E-state index contributed by atoms with van der Waals surface area (Å²) >= 11 is 0. The van der Waals surface area contributed by atoms with Gasteiger partial charge in [0, 0.05) is 10.7 Å². The number of benzene rings is 3.